The molecule has 2 radical (unpaired) electrons. The van der Waals surface area contributed by atoms with Gasteiger partial charge in [0.25, 0.3) is 0 Å². The van der Waals surface area contributed by atoms with Gasteiger partial charge in [0.1, 0.15) is 0 Å². The zero-order valence-corrected chi connectivity index (χ0v) is 9.91. The molecule has 0 spiro atoms. The molecule has 0 rings (SSSR count). The maximum Gasteiger partial charge on any atom is 0.0277 e. The molecule has 32 valence electrons. The van der Waals surface area contributed by atoms with Crippen LogP contribution in [-0.2, 0) is 69.8 Å². The largest absolute Gasteiger partial charge is 0.239 e. The minimum atomic E-state index is 0. The average Bonchev–Trinajstić information content (AvgIpc) is 1.37. The Kier molecular flexibility index (Phi) is 41.2. The van der Waals surface area contributed by atoms with Crippen LogP contribution in [0, 0.1) is 0 Å². The molecule has 0 saturated heterocycles. The van der Waals surface area contributed by atoms with E-state index in [1.807, 2.05) is 0 Å². The van der Waals surface area contributed by atoms with Crippen molar-refractivity contribution in [1.29, 1.82) is 0 Å². The van der Waals surface area contributed by atoms with Crippen LogP contribution in [0.2, 0.25) is 0 Å². The Morgan fingerprint density at radius 3 is 1.67 bits per heavy atom. The topological polar surface area (TPSA) is 29.5 Å². The summed E-state index contributed by atoms with van der Waals surface area (Å²) in [5.74, 6) is 0. The third-order valence-corrected chi connectivity index (χ3v) is 0.224. The third-order valence-electron chi connectivity index (χ3n) is 0.0745. The summed E-state index contributed by atoms with van der Waals surface area (Å²) in [5.41, 5.74) is 0. The molecular weight excluding hydrogens is 254 g/mol. The van der Waals surface area contributed by atoms with Gasteiger partial charge in [0.2, 0.25) is 0 Å². The molecular formula is CH4O2SY2. The normalized spacial score (nSPS) is 5.00. The summed E-state index contributed by atoms with van der Waals surface area (Å²) < 4.78 is 3.46. The smallest absolute Gasteiger partial charge is 0.0277 e. The van der Waals surface area contributed by atoms with Crippen LogP contribution in [0.15, 0.2) is 0 Å². The zero-order chi connectivity index (χ0) is 3.41. The van der Waals surface area contributed by atoms with E-state index >= 15 is 0 Å². The Hall–Kier alpha value is 2.48. The van der Waals surface area contributed by atoms with Crippen LogP contribution in [0.4, 0.5) is 0 Å². The second kappa shape index (κ2) is 15.6. The maximum absolute atomic E-state index is 7.34. The Balaban J connectivity index is -0.0000000450. The van der Waals surface area contributed by atoms with Gasteiger partial charge in [0, 0.05) is 83.7 Å². The molecule has 2 nitrogen and oxygen atoms in total. The quantitative estimate of drug-likeness (QED) is 0.427. The minimum absolute atomic E-state index is 0. The molecule has 0 aromatic carbocycles. The summed E-state index contributed by atoms with van der Waals surface area (Å²) in [6.07, 6.45) is 1.62. The van der Waals surface area contributed by atoms with Gasteiger partial charge in [-0.1, -0.05) is 0 Å². The summed E-state index contributed by atoms with van der Waals surface area (Å²) >= 11 is 0.912. The van der Waals surface area contributed by atoms with Crippen molar-refractivity contribution in [3.63, 3.8) is 0 Å². The molecule has 0 aliphatic rings. The number of rotatable bonds is 1. The second-order valence-electron chi connectivity index (χ2n) is 0.241. The summed E-state index contributed by atoms with van der Waals surface area (Å²) in [7, 11) is 0. The van der Waals surface area contributed by atoms with Crippen LogP contribution >= 0.6 is 12.0 Å². The van der Waals surface area contributed by atoms with Crippen LogP contribution in [0.3, 0.4) is 0 Å². The minimum Gasteiger partial charge on any atom is -0.239 e. The monoisotopic (exact) mass is 258 g/mol. The first-order chi connectivity index (χ1) is 1.91. The van der Waals surface area contributed by atoms with Crippen molar-refractivity contribution < 1.29 is 75.0 Å². The van der Waals surface area contributed by atoms with Crippen molar-refractivity contribution >= 4 is 12.0 Å². The van der Waals surface area contributed by atoms with Crippen molar-refractivity contribution in [1.82, 2.24) is 0 Å². The third kappa shape index (κ3) is 16.1. The fourth-order valence-corrected chi connectivity index (χ4v) is 0. The first-order valence-electron chi connectivity index (χ1n) is 0.757. The second-order valence-corrected chi connectivity index (χ2v) is 0.724. The van der Waals surface area contributed by atoms with E-state index in [0.29, 0.717) is 0 Å². The average molecular weight is 258 g/mol. The van der Waals surface area contributed by atoms with Crippen molar-refractivity contribution in [2.24, 2.45) is 0 Å². The van der Waals surface area contributed by atoms with Gasteiger partial charge in [0.15, 0.2) is 0 Å². The molecule has 0 atom stereocenters. The molecule has 0 fully saturated rings. The van der Waals surface area contributed by atoms with Crippen LogP contribution in [0.25, 0.3) is 0 Å². The molecule has 0 aromatic heterocycles. The molecule has 5 heteroatoms. The summed E-state index contributed by atoms with van der Waals surface area (Å²) in [6.45, 7) is 0. The Morgan fingerprint density at radius 1 is 1.50 bits per heavy atom. The van der Waals surface area contributed by atoms with Gasteiger partial charge in [-0.05, 0) is 0 Å². The van der Waals surface area contributed by atoms with Gasteiger partial charge in [0.05, 0.1) is 0 Å². The first kappa shape index (κ1) is 15.8. The summed E-state index contributed by atoms with van der Waals surface area (Å²) in [6, 6.07) is 0. The van der Waals surface area contributed by atoms with Crippen molar-refractivity contribution in [2.45, 2.75) is 0 Å². The van der Waals surface area contributed by atoms with E-state index in [1.54, 1.807) is 6.26 Å². The van der Waals surface area contributed by atoms with Gasteiger partial charge < -0.3 is 0 Å². The van der Waals surface area contributed by atoms with E-state index < -0.39 is 0 Å². The van der Waals surface area contributed by atoms with Gasteiger partial charge in [-0.25, -0.2) is 5.26 Å². The van der Waals surface area contributed by atoms with E-state index in [9.17, 15) is 0 Å². The molecule has 0 bridgehead atoms. The standard InChI is InChI=1S/CH4O2S.2Y/c1-4-3-2;;/h2H,1H3;;. The van der Waals surface area contributed by atoms with E-state index in [1.165, 1.54) is 0 Å². The number of hydrogen-bond acceptors (Lipinski definition) is 3. The van der Waals surface area contributed by atoms with Gasteiger partial charge in [-0.3, -0.25) is 0 Å². The van der Waals surface area contributed by atoms with Crippen LogP contribution in [-0.4, -0.2) is 11.5 Å². The Bertz CT molecular complexity index is 13.5. The van der Waals surface area contributed by atoms with Crippen LogP contribution < -0.4 is 0 Å². The predicted octanol–water partition coefficient (Wildman–Crippen LogP) is 0.749. The van der Waals surface area contributed by atoms with Gasteiger partial charge >= 0.3 is 0 Å². The zero-order valence-electron chi connectivity index (χ0n) is 3.42. The summed E-state index contributed by atoms with van der Waals surface area (Å²) in [5, 5.41) is 7.34. The first-order valence-corrected chi connectivity index (χ1v) is 1.91. The molecule has 1 N–H and O–H groups in total. The predicted molar refractivity (Wildman–Crippen MR) is 17.2 cm³/mol. The van der Waals surface area contributed by atoms with Gasteiger partial charge in [-0.15, -0.1) is 0 Å². The molecule has 0 aliphatic carbocycles. The van der Waals surface area contributed by atoms with E-state index in [-0.39, 0.29) is 65.4 Å². The van der Waals surface area contributed by atoms with Crippen molar-refractivity contribution in [2.75, 3.05) is 6.26 Å². The number of hydrogen-bond donors (Lipinski definition) is 1. The van der Waals surface area contributed by atoms with Gasteiger partial charge in [-0.2, -0.15) is 4.33 Å². The molecule has 0 heterocycles. The molecule has 0 unspecified atom stereocenters. The van der Waals surface area contributed by atoms with Crippen molar-refractivity contribution in [3.05, 3.63) is 0 Å². The molecule has 0 aliphatic heterocycles. The molecule has 0 amide bonds. The van der Waals surface area contributed by atoms with E-state index in [2.05, 4.69) is 4.33 Å². The summed E-state index contributed by atoms with van der Waals surface area (Å²) in [4.78, 5) is 0. The molecule has 0 aromatic rings. The Labute approximate surface area is 91.7 Å². The van der Waals surface area contributed by atoms with Crippen LogP contribution in [0.1, 0.15) is 0 Å². The SMILES string of the molecule is CSOO.[Y].[Y]. The fraction of sp³-hybridized carbons (Fsp3) is 1.00. The Morgan fingerprint density at radius 2 is 1.67 bits per heavy atom. The fourth-order valence-electron chi connectivity index (χ4n) is 0. The molecule has 6 heavy (non-hydrogen) atoms. The van der Waals surface area contributed by atoms with Crippen molar-refractivity contribution in [3.8, 4) is 0 Å². The van der Waals surface area contributed by atoms with E-state index in [4.69, 9.17) is 5.26 Å². The molecule has 0 saturated carbocycles. The van der Waals surface area contributed by atoms with E-state index in [0.717, 1.165) is 12.0 Å². The van der Waals surface area contributed by atoms with Crippen LogP contribution in [0.5, 0.6) is 0 Å². The maximum atomic E-state index is 7.34.